The molecule has 6 nitrogen and oxygen atoms in total. The van der Waals surface area contributed by atoms with Gasteiger partial charge in [0.1, 0.15) is 5.69 Å². The van der Waals surface area contributed by atoms with Crippen molar-refractivity contribution in [1.29, 1.82) is 0 Å². The Kier molecular flexibility index (Phi) is 2.64. The van der Waals surface area contributed by atoms with Crippen molar-refractivity contribution in [3.8, 4) is 0 Å². The molecule has 0 aliphatic carbocycles. The molecule has 1 rings (SSSR count). The summed E-state index contributed by atoms with van der Waals surface area (Å²) in [5.41, 5.74) is 0.261. The van der Waals surface area contributed by atoms with Gasteiger partial charge in [-0.3, -0.25) is 15.2 Å². The molecule has 0 spiro atoms. The second-order valence-electron chi connectivity index (χ2n) is 3.31. The van der Waals surface area contributed by atoms with E-state index < -0.39 is 6.09 Å². The number of hydrogen-bond acceptors (Lipinski definition) is 2. The van der Waals surface area contributed by atoms with E-state index in [-0.39, 0.29) is 17.3 Å². The Hall–Kier alpha value is -1.72. The summed E-state index contributed by atoms with van der Waals surface area (Å²) in [6.07, 6.45) is -1.24. The predicted octanol–water partition coefficient (Wildman–Crippen LogP) is 1.16. The van der Waals surface area contributed by atoms with E-state index in [9.17, 15) is 9.59 Å². The van der Waals surface area contributed by atoms with Crippen molar-refractivity contribution in [2.24, 2.45) is 0 Å². The number of carbonyl (C=O) groups is 1. The number of carboxylic acid groups (broad SMARTS) is 1. The van der Waals surface area contributed by atoms with Crippen LogP contribution >= 0.6 is 0 Å². The molecule has 0 bridgehead atoms. The maximum absolute atomic E-state index is 11.6. The van der Waals surface area contributed by atoms with Crippen molar-refractivity contribution in [2.75, 3.05) is 5.32 Å². The minimum Gasteiger partial charge on any atom is -0.465 e. The SMILES string of the molecule is Cc1[nH]n(C(C)C)c(=O)c1NC(=O)O. The van der Waals surface area contributed by atoms with Gasteiger partial charge in [-0.1, -0.05) is 0 Å². The van der Waals surface area contributed by atoms with E-state index in [4.69, 9.17) is 5.11 Å². The average Bonchev–Trinajstić information content (AvgIpc) is 2.31. The summed E-state index contributed by atoms with van der Waals surface area (Å²) in [5, 5.41) is 13.4. The van der Waals surface area contributed by atoms with Crippen LogP contribution in [0.2, 0.25) is 0 Å². The number of nitrogens with one attached hydrogen (secondary N) is 2. The van der Waals surface area contributed by atoms with Crippen molar-refractivity contribution < 1.29 is 9.90 Å². The van der Waals surface area contributed by atoms with Gasteiger partial charge in [0, 0.05) is 6.04 Å². The number of rotatable bonds is 2. The maximum atomic E-state index is 11.6. The molecule has 0 unspecified atom stereocenters. The molecule has 1 heterocycles. The molecule has 1 aromatic heterocycles. The minimum absolute atomic E-state index is 0.0226. The molecule has 0 saturated carbocycles. The molecule has 1 aromatic rings. The third-order valence-electron chi connectivity index (χ3n) is 1.84. The van der Waals surface area contributed by atoms with E-state index in [0.29, 0.717) is 5.69 Å². The zero-order chi connectivity index (χ0) is 10.9. The molecule has 0 aromatic carbocycles. The topological polar surface area (TPSA) is 87.1 Å². The van der Waals surface area contributed by atoms with Crippen LogP contribution in [0, 0.1) is 6.92 Å². The predicted molar refractivity (Wildman–Crippen MR) is 51.8 cm³/mol. The lowest BCUT2D eigenvalue weighted by molar-refractivity contribution is 0.209. The smallest absolute Gasteiger partial charge is 0.409 e. The molecule has 0 aliphatic rings. The average molecular weight is 199 g/mol. The van der Waals surface area contributed by atoms with Gasteiger partial charge in [-0.2, -0.15) is 0 Å². The van der Waals surface area contributed by atoms with Gasteiger partial charge >= 0.3 is 6.09 Å². The maximum Gasteiger partial charge on any atom is 0.409 e. The monoisotopic (exact) mass is 199 g/mol. The van der Waals surface area contributed by atoms with Crippen LogP contribution in [0.15, 0.2) is 4.79 Å². The Morgan fingerprint density at radius 2 is 2.14 bits per heavy atom. The van der Waals surface area contributed by atoms with E-state index in [1.807, 2.05) is 13.8 Å². The Morgan fingerprint density at radius 3 is 2.50 bits per heavy atom. The van der Waals surface area contributed by atoms with Crippen molar-refractivity contribution in [3.05, 3.63) is 16.0 Å². The highest BCUT2D eigenvalue weighted by molar-refractivity contribution is 5.83. The standard InChI is InChI=1S/C8H13N3O3/c1-4(2)11-7(12)6(5(3)10-11)9-8(13)14/h4,9-10H,1-3H3,(H,13,14). The number of hydrogen-bond donors (Lipinski definition) is 3. The Bertz CT molecular complexity index is 402. The molecule has 0 atom stereocenters. The van der Waals surface area contributed by atoms with Gasteiger partial charge in [-0.15, -0.1) is 0 Å². The normalized spacial score (nSPS) is 10.6. The van der Waals surface area contributed by atoms with Gasteiger partial charge in [0.15, 0.2) is 0 Å². The fraction of sp³-hybridized carbons (Fsp3) is 0.500. The molecular formula is C8H13N3O3. The molecular weight excluding hydrogens is 186 g/mol. The van der Waals surface area contributed by atoms with E-state index >= 15 is 0 Å². The minimum atomic E-state index is -1.24. The molecule has 0 aliphatic heterocycles. The van der Waals surface area contributed by atoms with Crippen LogP contribution in [-0.4, -0.2) is 21.0 Å². The van der Waals surface area contributed by atoms with Crippen LogP contribution in [0.1, 0.15) is 25.6 Å². The lowest BCUT2D eigenvalue weighted by atomic mass is 10.4. The first-order valence-corrected chi connectivity index (χ1v) is 4.24. The van der Waals surface area contributed by atoms with Gasteiger partial charge in [0.2, 0.25) is 0 Å². The summed E-state index contributed by atoms with van der Waals surface area (Å²) in [6, 6.07) is -0.0226. The van der Waals surface area contributed by atoms with Crippen molar-refractivity contribution in [2.45, 2.75) is 26.8 Å². The summed E-state index contributed by atoms with van der Waals surface area (Å²) in [6.45, 7) is 5.31. The largest absolute Gasteiger partial charge is 0.465 e. The van der Waals surface area contributed by atoms with E-state index in [1.165, 1.54) is 4.68 Å². The zero-order valence-electron chi connectivity index (χ0n) is 8.29. The van der Waals surface area contributed by atoms with Crippen LogP contribution in [0.25, 0.3) is 0 Å². The van der Waals surface area contributed by atoms with Crippen molar-refractivity contribution in [3.63, 3.8) is 0 Å². The fourth-order valence-electron chi connectivity index (χ4n) is 1.19. The summed E-state index contributed by atoms with van der Waals surface area (Å²) < 4.78 is 1.38. The van der Waals surface area contributed by atoms with Gasteiger partial charge in [0.05, 0.1) is 5.69 Å². The Labute approximate surface area is 80.5 Å². The van der Waals surface area contributed by atoms with E-state index in [2.05, 4.69) is 10.4 Å². The number of aromatic nitrogens is 2. The van der Waals surface area contributed by atoms with Crippen molar-refractivity contribution >= 4 is 11.8 Å². The number of amides is 1. The highest BCUT2D eigenvalue weighted by Crippen LogP contribution is 2.08. The molecule has 78 valence electrons. The second-order valence-corrected chi connectivity index (χ2v) is 3.31. The highest BCUT2D eigenvalue weighted by atomic mass is 16.4. The summed E-state index contributed by atoms with van der Waals surface area (Å²) in [5.74, 6) is 0. The first-order valence-electron chi connectivity index (χ1n) is 4.24. The molecule has 14 heavy (non-hydrogen) atoms. The van der Waals surface area contributed by atoms with Crippen LogP contribution in [0.4, 0.5) is 10.5 Å². The third-order valence-corrected chi connectivity index (χ3v) is 1.84. The lowest BCUT2D eigenvalue weighted by Crippen LogP contribution is -2.22. The number of aryl methyl sites for hydroxylation is 1. The van der Waals surface area contributed by atoms with Crippen LogP contribution < -0.4 is 10.9 Å². The molecule has 6 heteroatoms. The molecule has 3 N–H and O–H groups in total. The Balaban J connectivity index is 3.18. The number of H-pyrrole nitrogens is 1. The summed E-state index contributed by atoms with van der Waals surface area (Å²) >= 11 is 0. The van der Waals surface area contributed by atoms with Crippen LogP contribution in [0.5, 0.6) is 0 Å². The molecule has 0 saturated heterocycles. The number of anilines is 1. The van der Waals surface area contributed by atoms with Gasteiger partial charge in [-0.05, 0) is 20.8 Å². The zero-order valence-corrected chi connectivity index (χ0v) is 8.29. The van der Waals surface area contributed by atoms with Gasteiger partial charge in [0.25, 0.3) is 5.56 Å². The quantitative estimate of drug-likeness (QED) is 0.667. The number of aromatic amines is 1. The van der Waals surface area contributed by atoms with Crippen LogP contribution in [-0.2, 0) is 0 Å². The lowest BCUT2D eigenvalue weighted by Gasteiger charge is -2.03. The number of nitrogens with zero attached hydrogens (tertiary/aromatic N) is 1. The van der Waals surface area contributed by atoms with E-state index in [1.54, 1.807) is 6.92 Å². The van der Waals surface area contributed by atoms with Crippen molar-refractivity contribution in [1.82, 2.24) is 9.78 Å². The fourth-order valence-corrected chi connectivity index (χ4v) is 1.19. The Morgan fingerprint density at radius 1 is 1.57 bits per heavy atom. The summed E-state index contributed by atoms with van der Waals surface area (Å²) in [4.78, 5) is 22.0. The first-order chi connectivity index (χ1) is 6.43. The molecule has 0 radical (unpaired) electrons. The van der Waals surface area contributed by atoms with Crippen LogP contribution in [0.3, 0.4) is 0 Å². The van der Waals surface area contributed by atoms with Gasteiger partial charge < -0.3 is 5.11 Å². The summed E-state index contributed by atoms with van der Waals surface area (Å²) in [7, 11) is 0. The third kappa shape index (κ3) is 1.78. The second kappa shape index (κ2) is 3.57. The van der Waals surface area contributed by atoms with E-state index in [0.717, 1.165) is 0 Å². The first kappa shape index (κ1) is 10.4. The molecule has 0 fully saturated rings. The van der Waals surface area contributed by atoms with Gasteiger partial charge in [-0.25, -0.2) is 9.48 Å². The highest BCUT2D eigenvalue weighted by Gasteiger charge is 2.14. The molecule has 1 amide bonds.